The van der Waals surface area contributed by atoms with E-state index in [-0.39, 0.29) is 24.8 Å². The second-order valence-corrected chi connectivity index (χ2v) is 5.77. The first kappa shape index (κ1) is 17.3. The number of hydrogen-bond donors (Lipinski definition) is 1. The van der Waals surface area contributed by atoms with Crippen LogP contribution in [0.5, 0.6) is 0 Å². The first-order valence-corrected chi connectivity index (χ1v) is 7.81. The van der Waals surface area contributed by atoms with Crippen molar-refractivity contribution >= 4 is 46.4 Å². The normalized spacial score (nSPS) is 10.2. The number of anilines is 2. The molecule has 0 unspecified atom stereocenters. The Morgan fingerprint density at radius 3 is 2.48 bits per heavy atom. The number of para-hydroxylation sites is 1. The standard InChI is InChI=1S/C17H16Cl2N2O2/c1-12(22)21(14-6-4-5-13(18)11-14)10-9-17(23)20-16-8-3-2-7-15(16)19/h2-8,11H,9-10H2,1H3,(H,20,23). The summed E-state index contributed by atoms with van der Waals surface area (Å²) in [6.07, 6.45) is 0.150. The highest BCUT2D eigenvalue weighted by Crippen LogP contribution is 2.22. The zero-order chi connectivity index (χ0) is 16.8. The number of nitrogens with one attached hydrogen (secondary N) is 1. The molecule has 2 aromatic carbocycles. The van der Waals surface area contributed by atoms with Crippen LogP contribution >= 0.6 is 23.2 Å². The van der Waals surface area contributed by atoms with Crippen molar-refractivity contribution in [3.63, 3.8) is 0 Å². The summed E-state index contributed by atoms with van der Waals surface area (Å²) < 4.78 is 0. The van der Waals surface area contributed by atoms with E-state index in [1.807, 2.05) is 0 Å². The number of amides is 2. The van der Waals surface area contributed by atoms with Crippen LogP contribution in [0.1, 0.15) is 13.3 Å². The van der Waals surface area contributed by atoms with Gasteiger partial charge in [0.1, 0.15) is 0 Å². The van der Waals surface area contributed by atoms with E-state index in [4.69, 9.17) is 23.2 Å². The molecule has 0 saturated carbocycles. The quantitative estimate of drug-likeness (QED) is 0.869. The summed E-state index contributed by atoms with van der Waals surface area (Å²) in [5, 5.41) is 3.74. The minimum atomic E-state index is -0.216. The fourth-order valence-electron chi connectivity index (χ4n) is 2.10. The van der Waals surface area contributed by atoms with Gasteiger partial charge in [0, 0.05) is 30.6 Å². The van der Waals surface area contributed by atoms with Gasteiger partial charge in [0.2, 0.25) is 11.8 Å². The van der Waals surface area contributed by atoms with Gasteiger partial charge in [-0.25, -0.2) is 0 Å². The van der Waals surface area contributed by atoms with Crippen molar-refractivity contribution in [3.8, 4) is 0 Å². The predicted octanol–water partition coefficient (Wildman–Crippen LogP) is 4.38. The molecular formula is C17H16Cl2N2O2. The molecule has 4 nitrogen and oxygen atoms in total. The Kier molecular flexibility index (Phi) is 6.02. The van der Waals surface area contributed by atoms with E-state index in [2.05, 4.69) is 5.32 Å². The van der Waals surface area contributed by atoms with Crippen LogP contribution < -0.4 is 10.2 Å². The van der Waals surface area contributed by atoms with E-state index in [0.29, 0.717) is 21.4 Å². The summed E-state index contributed by atoms with van der Waals surface area (Å²) in [5.74, 6) is -0.371. The molecule has 0 radical (unpaired) electrons. The lowest BCUT2D eigenvalue weighted by atomic mass is 10.2. The van der Waals surface area contributed by atoms with Crippen molar-refractivity contribution in [1.82, 2.24) is 0 Å². The summed E-state index contributed by atoms with van der Waals surface area (Å²) in [6.45, 7) is 1.71. The molecule has 0 aromatic heterocycles. The highest BCUT2D eigenvalue weighted by Gasteiger charge is 2.14. The molecule has 2 aromatic rings. The Hall–Kier alpha value is -2.04. The maximum atomic E-state index is 12.1. The summed E-state index contributed by atoms with van der Waals surface area (Å²) in [5.41, 5.74) is 1.21. The number of carbonyl (C=O) groups is 2. The second kappa shape index (κ2) is 7.99. The van der Waals surface area contributed by atoms with Gasteiger partial charge in [-0.2, -0.15) is 0 Å². The number of carbonyl (C=O) groups excluding carboxylic acids is 2. The van der Waals surface area contributed by atoms with Crippen LogP contribution in [0.15, 0.2) is 48.5 Å². The molecule has 0 aliphatic carbocycles. The summed E-state index contributed by atoms with van der Waals surface area (Å²) >= 11 is 12.0. The van der Waals surface area contributed by atoms with Gasteiger partial charge in [0.05, 0.1) is 10.7 Å². The van der Waals surface area contributed by atoms with E-state index < -0.39 is 0 Å². The molecule has 2 amide bonds. The van der Waals surface area contributed by atoms with Gasteiger partial charge in [0.25, 0.3) is 0 Å². The van der Waals surface area contributed by atoms with Crippen molar-refractivity contribution in [1.29, 1.82) is 0 Å². The minimum Gasteiger partial charge on any atom is -0.325 e. The number of benzene rings is 2. The molecule has 23 heavy (non-hydrogen) atoms. The van der Waals surface area contributed by atoms with E-state index >= 15 is 0 Å². The highest BCUT2D eigenvalue weighted by atomic mass is 35.5. The highest BCUT2D eigenvalue weighted by molar-refractivity contribution is 6.33. The molecule has 120 valence electrons. The van der Waals surface area contributed by atoms with Crippen molar-refractivity contribution in [2.45, 2.75) is 13.3 Å². The Labute approximate surface area is 145 Å². The lowest BCUT2D eigenvalue weighted by Gasteiger charge is -2.21. The third-order valence-electron chi connectivity index (χ3n) is 3.21. The largest absolute Gasteiger partial charge is 0.325 e. The fraction of sp³-hybridized carbons (Fsp3) is 0.176. The average Bonchev–Trinajstić information content (AvgIpc) is 2.49. The van der Waals surface area contributed by atoms with Crippen LogP contribution in [0.3, 0.4) is 0 Å². The molecule has 0 bridgehead atoms. The lowest BCUT2D eigenvalue weighted by molar-refractivity contribution is -0.117. The van der Waals surface area contributed by atoms with Gasteiger partial charge in [-0.05, 0) is 30.3 Å². The van der Waals surface area contributed by atoms with Crippen LogP contribution in [0.2, 0.25) is 10.0 Å². The molecule has 1 N–H and O–H groups in total. The van der Waals surface area contributed by atoms with Crippen molar-refractivity contribution in [3.05, 3.63) is 58.6 Å². The fourth-order valence-corrected chi connectivity index (χ4v) is 2.47. The summed E-state index contributed by atoms with van der Waals surface area (Å²) in [4.78, 5) is 25.4. The smallest absolute Gasteiger partial charge is 0.226 e. The minimum absolute atomic E-state index is 0.150. The van der Waals surface area contributed by atoms with Gasteiger partial charge < -0.3 is 10.2 Å². The van der Waals surface area contributed by atoms with E-state index in [0.717, 1.165) is 0 Å². The zero-order valence-corrected chi connectivity index (χ0v) is 14.1. The first-order valence-electron chi connectivity index (χ1n) is 7.05. The number of rotatable bonds is 5. The van der Waals surface area contributed by atoms with Crippen LogP contribution in [0.25, 0.3) is 0 Å². The molecule has 2 rings (SSSR count). The van der Waals surface area contributed by atoms with Gasteiger partial charge >= 0.3 is 0 Å². The van der Waals surface area contributed by atoms with E-state index in [1.165, 1.54) is 11.8 Å². The maximum absolute atomic E-state index is 12.1. The summed E-state index contributed by atoms with van der Waals surface area (Å²) in [6, 6.07) is 14.0. The third kappa shape index (κ3) is 4.98. The third-order valence-corrected chi connectivity index (χ3v) is 3.78. The van der Waals surface area contributed by atoms with E-state index in [1.54, 1.807) is 48.5 Å². The first-order chi connectivity index (χ1) is 11.0. The van der Waals surface area contributed by atoms with Crippen LogP contribution in [0, 0.1) is 0 Å². The summed E-state index contributed by atoms with van der Waals surface area (Å²) in [7, 11) is 0. The van der Waals surface area contributed by atoms with Gasteiger partial charge in [-0.15, -0.1) is 0 Å². The Morgan fingerprint density at radius 1 is 1.09 bits per heavy atom. The number of nitrogens with zero attached hydrogens (tertiary/aromatic N) is 1. The molecule has 0 saturated heterocycles. The molecule has 0 aliphatic heterocycles. The molecule has 0 atom stereocenters. The molecule has 6 heteroatoms. The van der Waals surface area contributed by atoms with Gasteiger partial charge in [-0.1, -0.05) is 41.4 Å². The molecule has 0 spiro atoms. The zero-order valence-electron chi connectivity index (χ0n) is 12.6. The predicted molar refractivity (Wildman–Crippen MR) is 94.2 cm³/mol. The Morgan fingerprint density at radius 2 is 1.83 bits per heavy atom. The molecule has 0 fully saturated rings. The average molecular weight is 351 g/mol. The number of halogens is 2. The van der Waals surface area contributed by atoms with Gasteiger partial charge in [-0.3, -0.25) is 9.59 Å². The topological polar surface area (TPSA) is 49.4 Å². The van der Waals surface area contributed by atoms with Crippen molar-refractivity contribution in [2.75, 3.05) is 16.8 Å². The Bertz CT molecular complexity index is 719. The van der Waals surface area contributed by atoms with Crippen molar-refractivity contribution < 1.29 is 9.59 Å². The van der Waals surface area contributed by atoms with Gasteiger partial charge in [0.15, 0.2) is 0 Å². The number of hydrogen-bond acceptors (Lipinski definition) is 2. The van der Waals surface area contributed by atoms with Crippen molar-refractivity contribution in [2.24, 2.45) is 0 Å². The molecule has 0 heterocycles. The second-order valence-electron chi connectivity index (χ2n) is 4.93. The molecule has 0 aliphatic rings. The monoisotopic (exact) mass is 350 g/mol. The lowest BCUT2D eigenvalue weighted by Crippen LogP contribution is -2.31. The molecular weight excluding hydrogens is 335 g/mol. The maximum Gasteiger partial charge on any atom is 0.226 e. The van der Waals surface area contributed by atoms with Crippen LogP contribution in [0.4, 0.5) is 11.4 Å². The van der Waals surface area contributed by atoms with E-state index in [9.17, 15) is 9.59 Å². The van der Waals surface area contributed by atoms with Crippen LogP contribution in [-0.4, -0.2) is 18.4 Å². The van der Waals surface area contributed by atoms with Crippen LogP contribution in [-0.2, 0) is 9.59 Å². The SMILES string of the molecule is CC(=O)N(CCC(=O)Nc1ccccc1Cl)c1cccc(Cl)c1. The Balaban J connectivity index is 2.00.